The molecule has 2 aromatic carbocycles. The van der Waals surface area contributed by atoms with Gasteiger partial charge in [0.15, 0.2) is 11.0 Å². The molecule has 0 N–H and O–H groups in total. The van der Waals surface area contributed by atoms with Crippen LogP contribution in [-0.2, 0) is 23.0 Å². The summed E-state index contributed by atoms with van der Waals surface area (Å²) >= 11 is 12.0. The van der Waals surface area contributed by atoms with Crippen LogP contribution in [0.5, 0.6) is 0 Å². The van der Waals surface area contributed by atoms with Gasteiger partial charge in [-0.25, -0.2) is 13.0 Å². The zero-order chi connectivity index (χ0) is 16.9. The Morgan fingerprint density at radius 1 is 1.04 bits per heavy atom. The molecule has 0 amide bonds. The number of rotatable bonds is 2. The van der Waals surface area contributed by atoms with Crippen molar-refractivity contribution in [3.05, 3.63) is 51.5 Å². The average molecular weight is 384 g/mol. The Hall–Kier alpha value is -1.67. The summed E-state index contributed by atoms with van der Waals surface area (Å²) in [6, 6.07) is 8.41. The molecule has 1 aromatic heterocycles. The van der Waals surface area contributed by atoms with E-state index in [-0.39, 0.29) is 22.5 Å². The molecule has 0 saturated carbocycles. The second kappa shape index (κ2) is 5.70. The molecule has 0 atom stereocenters. The van der Waals surface area contributed by atoms with Crippen molar-refractivity contribution in [1.82, 2.24) is 14.6 Å². The van der Waals surface area contributed by atoms with Gasteiger partial charge in [-0.15, -0.1) is 0 Å². The molecule has 0 spiro atoms. The van der Waals surface area contributed by atoms with Crippen molar-refractivity contribution < 1.29 is 13.0 Å². The van der Waals surface area contributed by atoms with Crippen molar-refractivity contribution in [2.24, 2.45) is 0 Å². The Labute approximate surface area is 148 Å². The van der Waals surface area contributed by atoms with Gasteiger partial charge >= 0.3 is 0 Å². The van der Waals surface area contributed by atoms with Crippen LogP contribution in [0, 0.1) is 0 Å². The Balaban J connectivity index is 1.77. The lowest BCUT2D eigenvalue weighted by atomic mass is 10.0. The van der Waals surface area contributed by atoms with Gasteiger partial charge in [0, 0.05) is 18.1 Å². The first kappa shape index (κ1) is 15.8. The van der Waals surface area contributed by atoms with Gasteiger partial charge in [0.05, 0.1) is 5.02 Å². The Bertz CT molecular complexity index is 1050. The van der Waals surface area contributed by atoms with E-state index in [2.05, 4.69) is 14.9 Å². The number of halogens is 2. The molecule has 0 saturated heterocycles. The topological polar surface area (TPSA) is 76.3 Å². The van der Waals surface area contributed by atoms with Crippen molar-refractivity contribution >= 4 is 44.3 Å². The van der Waals surface area contributed by atoms with Crippen molar-refractivity contribution in [2.75, 3.05) is 6.54 Å². The average Bonchev–Trinajstić information content (AvgIpc) is 3.04. The van der Waals surface area contributed by atoms with Crippen molar-refractivity contribution in [3.8, 4) is 0 Å². The van der Waals surface area contributed by atoms with Crippen molar-refractivity contribution in [2.45, 2.75) is 17.9 Å². The molecule has 0 aliphatic carbocycles. The molecular weight excluding hydrogens is 373 g/mol. The van der Waals surface area contributed by atoms with Crippen LogP contribution < -0.4 is 0 Å². The van der Waals surface area contributed by atoms with Crippen LogP contribution in [0.3, 0.4) is 0 Å². The molecule has 1 aliphatic rings. The number of hydrogen-bond donors (Lipinski definition) is 0. The molecule has 6 nitrogen and oxygen atoms in total. The van der Waals surface area contributed by atoms with Crippen LogP contribution in [0.4, 0.5) is 0 Å². The second-order valence-corrected chi connectivity index (χ2v) is 8.26. The van der Waals surface area contributed by atoms with Gasteiger partial charge in [0.2, 0.25) is 10.0 Å². The fourth-order valence-electron chi connectivity index (χ4n) is 2.86. The molecule has 124 valence electrons. The molecule has 1 aliphatic heterocycles. The summed E-state index contributed by atoms with van der Waals surface area (Å²) in [7, 11) is -3.75. The van der Waals surface area contributed by atoms with Gasteiger partial charge in [-0.05, 0) is 52.1 Å². The summed E-state index contributed by atoms with van der Waals surface area (Å²) < 4.78 is 32.1. The summed E-state index contributed by atoms with van der Waals surface area (Å²) in [5, 5.41) is 8.32. The van der Waals surface area contributed by atoms with Gasteiger partial charge in [-0.1, -0.05) is 29.3 Å². The van der Waals surface area contributed by atoms with E-state index < -0.39 is 10.0 Å². The van der Waals surface area contributed by atoms with Gasteiger partial charge in [-0.2, -0.15) is 4.31 Å². The minimum absolute atomic E-state index is 0.0422. The van der Waals surface area contributed by atoms with Crippen molar-refractivity contribution in [3.63, 3.8) is 0 Å². The maximum Gasteiger partial charge on any atom is 0.245 e. The van der Waals surface area contributed by atoms with E-state index in [1.54, 1.807) is 6.07 Å². The minimum atomic E-state index is -3.75. The summed E-state index contributed by atoms with van der Waals surface area (Å²) in [4.78, 5) is 0.0422. The normalized spacial score (nSPS) is 15.6. The van der Waals surface area contributed by atoms with Gasteiger partial charge in [-0.3, -0.25) is 0 Å². The molecule has 9 heteroatoms. The van der Waals surface area contributed by atoms with Crippen LogP contribution in [0.25, 0.3) is 11.0 Å². The summed E-state index contributed by atoms with van der Waals surface area (Å²) in [6.07, 6.45) is 0.600. The maximum absolute atomic E-state index is 13.0. The molecule has 3 aromatic rings. The van der Waals surface area contributed by atoms with E-state index in [1.807, 2.05) is 12.1 Å². The van der Waals surface area contributed by atoms with Gasteiger partial charge in [0.25, 0.3) is 0 Å². The monoisotopic (exact) mass is 383 g/mol. The standard InChI is InChI=1S/C15H11Cl2N3O3S/c16-11-2-1-10-8-20(6-5-9(10)7-11)24(21,22)13-4-3-12(17)14-15(13)19-23-18-14/h1-4,7H,5-6,8H2. The summed E-state index contributed by atoms with van der Waals surface area (Å²) in [5.41, 5.74) is 2.39. The first-order valence-electron chi connectivity index (χ1n) is 7.15. The number of nitrogens with zero attached hydrogens (tertiary/aromatic N) is 3. The van der Waals surface area contributed by atoms with Crippen LogP contribution in [0.2, 0.25) is 10.0 Å². The van der Waals surface area contributed by atoms with E-state index in [1.165, 1.54) is 16.4 Å². The zero-order valence-corrected chi connectivity index (χ0v) is 14.6. The quantitative estimate of drug-likeness (QED) is 0.678. The Morgan fingerprint density at radius 2 is 1.83 bits per heavy atom. The van der Waals surface area contributed by atoms with E-state index in [0.29, 0.717) is 23.0 Å². The third-order valence-electron chi connectivity index (χ3n) is 4.09. The molecule has 4 rings (SSSR count). The van der Waals surface area contributed by atoms with Gasteiger partial charge in [0.1, 0.15) is 4.90 Å². The molecule has 0 fully saturated rings. The largest absolute Gasteiger partial charge is 0.245 e. The van der Waals surface area contributed by atoms with Crippen LogP contribution in [0.1, 0.15) is 11.1 Å². The van der Waals surface area contributed by atoms with Crippen LogP contribution in [-0.4, -0.2) is 29.6 Å². The first-order chi connectivity index (χ1) is 11.5. The first-order valence-corrected chi connectivity index (χ1v) is 9.34. The molecule has 2 heterocycles. The van der Waals surface area contributed by atoms with E-state index >= 15 is 0 Å². The fourth-order valence-corrected chi connectivity index (χ4v) is 4.78. The Morgan fingerprint density at radius 3 is 2.67 bits per heavy atom. The van der Waals surface area contributed by atoms with Gasteiger partial charge < -0.3 is 0 Å². The molecular formula is C15H11Cl2N3O3S. The van der Waals surface area contributed by atoms with E-state index in [9.17, 15) is 8.42 Å². The Kier molecular flexibility index (Phi) is 3.76. The second-order valence-electron chi connectivity index (χ2n) is 5.51. The lowest BCUT2D eigenvalue weighted by molar-refractivity contribution is 0.315. The van der Waals surface area contributed by atoms with E-state index in [4.69, 9.17) is 23.2 Å². The molecule has 0 unspecified atom stereocenters. The number of fused-ring (bicyclic) bond motifs is 2. The third-order valence-corrected chi connectivity index (χ3v) is 6.51. The minimum Gasteiger partial charge on any atom is -0.243 e. The molecule has 0 bridgehead atoms. The number of hydrogen-bond acceptors (Lipinski definition) is 5. The van der Waals surface area contributed by atoms with E-state index in [0.717, 1.165) is 11.1 Å². The smallest absolute Gasteiger partial charge is 0.243 e. The molecule has 24 heavy (non-hydrogen) atoms. The van der Waals surface area contributed by atoms with Crippen molar-refractivity contribution in [1.29, 1.82) is 0 Å². The highest BCUT2D eigenvalue weighted by Gasteiger charge is 2.31. The highest BCUT2D eigenvalue weighted by atomic mass is 35.5. The lowest BCUT2D eigenvalue weighted by Crippen LogP contribution is -2.36. The summed E-state index contributed by atoms with van der Waals surface area (Å²) in [5.74, 6) is 0. The zero-order valence-electron chi connectivity index (χ0n) is 12.2. The third kappa shape index (κ3) is 2.48. The number of aromatic nitrogens is 2. The number of sulfonamides is 1. The maximum atomic E-state index is 13.0. The van der Waals surface area contributed by atoms with Crippen LogP contribution >= 0.6 is 23.2 Å². The highest BCUT2D eigenvalue weighted by molar-refractivity contribution is 7.89. The SMILES string of the molecule is O=S(=O)(c1ccc(Cl)c2nonc12)N1CCc2cc(Cl)ccc2C1. The predicted molar refractivity (Wildman–Crippen MR) is 89.6 cm³/mol. The fraction of sp³-hybridized carbons (Fsp3) is 0.200. The van der Waals surface area contributed by atoms with Crippen LogP contribution in [0.15, 0.2) is 39.9 Å². The lowest BCUT2D eigenvalue weighted by Gasteiger charge is -2.28. The highest BCUT2D eigenvalue weighted by Crippen LogP contribution is 2.31. The molecule has 0 radical (unpaired) electrons. The predicted octanol–water partition coefficient (Wildman–Crippen LogP) is 3.28. The summed E-state index contributed by atoms with van der Waals surface area (Å²) in [6.45, 7) is 0.648. The number of benzene rings is 2.